The van der Waals surface area contributed by atoms with Crippen LogP contribution in [0.25, 0.3) is 22.0 Å². The highest BCUT2D eigenvalue weighted by atomic mass is 19.1. The lowest BCUT2D eigenvalue weighted by molar-refractivity contribution is 0.619. The van der Waals surface area contributed by atoms with Crippen LogP contribution in [-0.4, -0.2) is 9.78 Å². The summed E-state index contributed by atoms with van der Waals surface area (Å²) in [5.74, 6) is -0.173. The van der Waals surface area contributed by atoms with Gasteiger partial charge in [-0.25, -0.2) is 4.39 Å². The first-order chi connectivity index (χ1) is 8.65. The molecule has 0 bridgehead atoms. The Labute approximate surface area is 105 Å². The first kappa shape index (κ1) is 11.0. The van der Waals surface area contributed by atoms with Gasteiger partial charge in [0.1, 0.15) is 5.82 Å². The Kier molecular flexibility index (Phi) is 2.40. The van der Waals surface area contributed by atoms with Crippen molar-refractivity contribution in [3.8, 4) is 11.1 Å². The van der Waals surface area contributed by atoms with Crippen molar-refractivity contribution in [2.75, 3.05) is 0 Å². The molecule has 0 N–H and O–H groups in total. The van der Waals surface area contributed by atoms with E-state index in [-0.39, 0.29) is 5.82 Å². The molecule has 0 saturated heterocycles. The van der Waals surface area contributed by atoms with Gasteiger partial charge in [-0.2, -0.15) is 5.10 Å². The third kappa shape index (κ3) is 1.68. The maximum atomic E-state index is 13.6. The predicted molar refractivity (Wildman–Crippen MR) is 70.8 cm³/mol. The Balaban J connectivity index is 2.27. The SMILES string of the molecule is Cc1ccc(-c2cccc3nn(C)cc23)cc1F. The average molecular weight is 240 g/mol. The van der Waals surface area contributed by atoms with Gasteiger partial charge < -0.3 is 0 Å². The van der Waals surface area contributed by atoms with E-state index in [2.05, 4.69) is 5.10 Å². The van der Waals surface area contributed by atoms with Gasteiger partial charge in [0.15, 0.2) is 0 Å². The molecule has 90 valence electrons. The third-order valence-corrected chi connectivity index (χ3v) is 3.15. The normalized spacial score (nSPS) is 11.1. The number of halogens is 1. The Morgan fingerprint density at radius 1 is 1.17 bits per heavy atom. The summed E-state index contributed by atoms with van der Waals surface area (Å²) in [5.41, 5.74) is 3.49. The van der Waals surface area contributed by atoms with Gasteiger partial charge in [0, 0.05) is 18.6 Å². The largest absolute Gasteiger partial charge is 0.275 e. The van der Waals surface area contributed by atoms with E-state index < -0.39 is 0 Å². The molecule has 2 aromatic carbocycles. The molecule has 18 heavy (non-hydrogen) atoms. The molecule has 1 heterocycles. The highest BCUT2D eigenvalue weighted by molar-refractivity contribution is 5.94. The van der Waals surface area contributed by atoms with E-state index in [0.29, 0.717) is 5.56 Å². The van der Waals surface area contributed by atoms with E-state index in [1.54, 1.807) is 23.7 Å². The summed E-state index contributed by atoms with van der Waals surface area (Å²) in [7, 11) is 1.89. The van der Waals surface area contributed by atoms with Crippen molar-refractivity contribution in [3.63, 3.8) is 0 Å². The summed E-state index contributed by atoms with van der Waals surface area (Å²) in [5, 5.41) is 5.41. The van der Waals surface area contributed by atoms with E-state index in [1.165, 1.54) is 0 Å². The Morgan fingerprint density at radius 2 is 2.00 bits per heavy atom. The zero-order valence-electron chi connectivity index (χ0n) is 10.3. The Morgan fingerprint density at radius 3 is 2.78 bits per heavy atom. The summed E-state index contributed by atoms with van der Waals surface area (Å²) in [6.45, 7) is 1.77. The lowest BCUT2D eigenvalue weighted by Crippen LogP contribution is -1.85. The topological polar surface area (TPSA) is 17.8 Å². The van der Waals surface area contributed by atoms with E-state index in [4.69, 9.17) is 0 Å². The zero-order valence-corrected chi connectivity index (χ0v) is 10.3. The fourth-order valence-corrected chi connectivity index (χ4v) is 2.17. The molecular formula is C15H13FN2. The van der Waals surface area contributed by atoms with Crippen LogP contribution in [0.5, 0.6) is 0 Å². The average Bonchev–Trinajstić information content (AvgIpc) is 2.72. The summed E-state index contributed by atoms with van der Waals surface area (Å²) in [6, 6.07) is 11.2. The maximum absolute atomic E-state index is 13.6. The van der Waals surface area contributed by atoms with Gasteiger partial charge in [-0.1, -0.05) is 24.3 Å². The molecule has 3 heteroatoms. The molecule has 3 aromatic rings. The van der Waals surface area contributed by atoms with Crippen molar-refractivity contribution in [3.05, 3.63) is 54.0 Å². The number of aromatic nitrogens is 2. The molecule has 0 radical (unpaired) electrons. The standard InChI is InChI=1S/C15H13FN2/c1-10-6-7-11(8-14(10)16)12-4-3-5-15-13(12)9-18(2)17-15/h3-9H,1-2H3. The molecular weight excluding hydrogens is 227 g/mol. The van der Waals surface area contributed by atoms with Crippen LogP contribution >= 0.6 is 0 Å². The van der Waals surface area contributed by atoms with E-state index in [0.717, 1.165) is 22.0 Å². The second-order valence-electron chi connectivity index (χ2n) is 4.51. The van der Waals surface area contributed by atoms with Crippen LogP contribution in [0.2, 0.25) is 0 Å². The fourth-order valence-electron chi connectivity index (χ4n) is 2.17. The molecule has 0 spiro atoms. The Bertz CT molecular complexity index is 728. The van der Waals surface area contributed by atoms with Gasteiger partial charge in [0.25, 0.3) is 0 Å². The number of hydrogen-bond donors (Lipinski definition) is 0. The molecule has 0 amide bonds. The van der Waals surface area contributed by atoms with Crippen molar-refractivity contribution in [1.29, 1.82) is 0 Å². The zero-order chi connectivity index (χ0) is 12.7. The molecule has 3 rings (SSSR count). The van der Waals surface area contributed by atoms with Gasteiger partial charge in [-0.15, -0.1) is 0 Å². The molecule has 0 aliphatic rings. The summed E-state index contributed by atoms with van der Waals surface area (Å²) < 4.78 is 15.4. The maximum Gasteiger partial charge on any atom is 0.126 e. The van der Waals surface area contributed by atoms with Crippen molar-refractivity contribution >= 4 is 10.9 Å². The first-order valence-electron chi connectivity index (χ1n) is 5.84. The second kappa shape index (κ2) is 3.95. The van der Waals surface area contributed by atoms with E-state index >= 15 is 0 Å². The van der Waals surface area contributed by atoms with Crippen molar-refractivity contribution < 1.29 is 4.39 Å². The lowest BCUT2D eigenvalue weighted by atomic mass is 10.0. The van der Waals surface area contributed by atoms with Crippen LogP contribution in [0.1, 0.15) is 5.56 Å². The van der Waals surface area contributed by atoms with Gasteiger partial charge in [0.2, 0.25) is 0 Å². The quantitative estimate of drug-likeness (QED) is 0.634. The number of rotatable bonds is 1. The molecule has 0 atom stereocenters. The highest BCUT2D eigenvalue weighted by Gasteiger charge is 2.08. The minimum atomic E-state index is -0.173. The summed E-state index contributed by atoms with van der Waals surface area (Å²) >= 11 is 0. The second-order valence-corrected chi connectivity index (χ2v) is 4.51. The molecule has 0 unspecified atom stereocenters. The van der Waals surface area contributed by atoms with Crippen molar-refractivity contribution in [1.82, 2.24) is 9.78 Å². The number of hydrogen-bond acceptors (Lipinski definition) is 1. The summed E-state index contributed by atoms with van der Waals surface area (Å²) in [4.78, 5) is 0. The van der Waals surface area contributed by atoms with Gasteiger partial charge >= 0.3 is 0 Å². The molecule has 2 nitrogen and oxygen atoms in total. The van der Waals surface area contributed by atoms with Gasteiger partial charge in [0.05, 0.1) is 5.52 Å². The van der Waals surface area contributed by atoms with Crippen LogP contribution < -0.4 is 0 Å². The molecule has 0 aliphatic heterocycles. The van der Waals surface area contributed by atoms with Crippen LogP contribution in [0.15, 0.2) is 42.6 Å². The van der Waals surface area contributed by atoms with E-state index in [9.17, 15) is 4.39 Å². The van der Waals surface area contributed by atoms with Crippen molar-refractivity contribution in [2.24, 2.45) is 7.05 Å². The number of nitrogens with zero attached hydrogens (tertiary/aromatic N) is 2. The van der Waals surface area contributed by atoms with E-state index in [1.807, 2.05) is 37.5 Å². The van der Waals surface area contributed by atoms with Crippen LogP contribution in [0.3, 0.4) is 0 Å². The minimum absolute atomic E-state index is 0.173. The first-order valence-corrected chi connectivity index (χ1v) is 5.84. The lowest BCUT2D eigenvalue weighted by Gasteiger charge is -2.04. The van der Waals surface area contributed by atoms with Crippen LogP contribution in [-0.2, 0) is 7.05 Å². The smallest absolute Gasteiger partial charge is 0.126 e. The Hall–Kier alpha value is -2.16. The summed E-state index contributed by atoms with van der Waals surface area (Å²) in [6.07, 6.45) is 1.96. The van der Waals surface area contributed by atoms with Crippen LogP contribution in [0.4, 0.5) is 4.39 Å². The number of fused-ring (bicyclic) bond motifs is 1. The third-order valence-electron chi connectivity index (χ3n) is 3.15. The molecule has 0 saturated carbocycles. The van der Waals surface area contributed by atoms with Crippen LogP contribution in [0, 0.1) is 12.7 Å². The molecule has 0 aliphatic carbocycles. The molecule has 0 fully saturated rings. The predicted octanol–water partition coefficient (Wildman–Crippen LogP) is 3.69. The minimum Gasteiger partial charge on any atom is -0.275 e. The number of benzene rings is 2. The fraction of sp³-hybridized carbons (Fsp3) is 0.133. The number of aryl methyl sites for hydroxylation is 2. The monoisotopic (exact) mass is 240 g/mol. The van der Waals surface area contributed by atoms with Gasteiger partial charge in [-0.05, 0) is 35.7 Å². The van der Waals surface area contributed by atoms with Gasteiger partial charge in [-0.3, -0.25) is 4.68 Å². The highest BCUT2D eigenvalue weighted by Crippen LogP contribution is 2.28. The van der Waals surface area contributed by atoms with Crippen molar-refractivity contribution in [2.45, 2.75) is 6.92 Å². The molecule has 1 aromatic heterocycles.